The number of aromatic nitrogens is 2. The largest absolute Gasteiger partial charge is 0.338 e. The molecule has 0 aliphatic carbocycles. The van der Waals surface area contributed by atoms with E-state index in [9.17, 15) is 4.79 Å². The lowest BCUT2D eigenvalue weighted by Crippen LogP contribution is -2.36. The van der Waals surface area contributed by atoms with Gasteiger partial charge < -0.3 is 4.90 Å². The third kappa shape index (κ3) is 3.50. The van der Waals surface area contributed by atoms with E-state index < -0.39 is 0 Å². The third-order valence-corrected chi connectivity index (χ3v) is 5.36. The summed E-state index contributed by atoms with van der Waals surface area (Å²) < 4.78 is 1.81. The summed E-state index contributed by atoms with van der Waals surface area (Å²) in [4.78, 5) is 15.3. The quantitative estimate of drug-likeness (QED) is 0.611. The van der Waals surface area contributed by atoms with Crippen LogP contribution in [0.2, 0.25) is 0 Å². The highest BCUT2D eigenvalue weighted by Gasteiger charge is 2.26. The molecule has 1 aromatic heterocycles. The van der Waals surface area contributed by atoms with Gasteiger partial charge in [0.1, 0.15) is 5.69 Å². The number of carbonyl (C=O) groups excluding carboxylic acids is 1. The highest BCUT2D eigenvalue weighted by atomic mass is 16.2. The molecule has 0 atom stereocenters. The summed E-state index contributed by atoms with van der Waals surface area (Å²) in [6.07, 6.45) is 3.62. The van der Waals surface area contributed by atoms with Crippen molar-refractivity contribution in [2.75, 3.05) is 13.1 Å². The molecule has 2 heterocycles. The fourth-order valence-corrected chi connectivity index (χ4v) is 3.72. The van der Waals surface area contributed by atoms with E-state index in [1.165, 1.54) is 11.1 Å². The molecular weight excluding hydrogens is 346 g/mol. The molecule has 0 radical (unpaired) electrons. The molecule has 0 spiro atoms. The predicted molar refractivity (Wildman–Crippen MR) is 113 cm³/mol. The molecule has 4 rings (SSSR count). The van der Waals surface area contributed by atoms with E-state index in [0.717, 1.165) is 48.4 Å². The van der Waals surface area contributed by atoms with E-state index in [0.29, 0.717) is 5.56 Å². The fourth-order valence-electron chi connectivity index (χ4n) is 3.72. The first-order valence-electron chi connectivity index (χ1n) is 9.71. The van der Waals surface area contributed by atoms with Gasteiger partial charge in [-0.1, -0.05) is 54.1 Å². The molecule has 2 aromatic carbocycles. The molecule has 1 amide bonds. The lowest BCUT2D eigenvalue weighted by atomic mass is 9.99. The Hall–Kier alpha value is -3.14. The first-order chi connectivity index (χ1) is 13.5. The molecule has 1 aliphatic heterocycles. The van der Waals surface area contributed by atoms with Crippen molar-refractivity contribution in [3.63, 3.8) is 0 Å². The second-order valence-corrected chi connectivity index (χ2v) is 7.53. The third-order valence-electron chi connectivity index (χ3n) is 5.36. The van der Waals surface area contributed by atoms with Gasteiger partial charge in [0.15, 0.2) is 0 Å². The molecule has 142 valence electrons. The average Bonchev–Trinajstić information content (AvgIpc) is 3.14. The van der Waals surface area contributed by atoms with Crippen molar-refractivity contribution in [3.8, 4) is 16.9 Å². The Balaban J connectivity index is 1.80. The fraction of sp³-hybridized carbons (Fsp3) is 0.250. The van der Waals surface area contributed by atoms with Gasteiger partial charge in [-0.3, -0.25) is 4.79 Å². The highest BCUT2D eigenvalue weighted by Crippen LogP contribution is 2.29. The lowest BCUT2D eigenvalue weighted by molar-refractivity contribution is 0.0744. The zero-order chi connectivity index (χ0) is 19.7. The van der Waals surface area contributed by atoms with E-state index in [1.54, 1.807) is 0 Å². The van der Waals surface area contributed by atoms with Crippen molar-refractivity contribution in [1.29, 1.82) is 0 Å². The van der Waals surface area contributed by atoms with Gasteiger partial charge in [0.2, 0.25) is 0 Å². The molecule has 0 N–H and O–H groups in total. The van der Waals surface area contributed by atoms with Crippen molar-refractivity contribution in [1.82, 2.24) is 14.7 Å². The molecular formula is C24H25N3O. The van der Waals surface area contributed by atoms with Crippen LogP contribution in [0.15, 0.2) is 66.9 Å². The second-order valence-electron chi connectivity index (χ2n) is 7.53. The van der Waals surface area contributed by atoms with Crippen LogP contribution in [0.3, 0.4) is 0 Å². The number of likely N-dealkylation sites (tertiary alicyclic amines) is 1. The van der Waals surface area contributed by atoms with Crippen molar-refractivity contribution < 1.29 is 4.79 Å². The Morgan fingerprint density at radius 1 is 1.04 bits per heavy atom. The average molecular weight is 371 g/mol. The van der Waals surface area contributed by atoms with Crippen LogP contribution < -0.4 is 0 Å². The second kappa shape index (κ2) is 7.47. The standard InChI is InChI=1S/C24H25N3O/c1-17-11-13-26(14-12-17)24(28)22-16-27(20-7-5-4-6-8-20)25-23(22)21-10-9-18(2)15-19(21)3/h4-10,15-16H,1,11-14H2,2-3H3. The number of benzene rings is 2. The topological polar surface area (TPSA) is 38.1 Å². The molecule has 4 nitrogen and oxygen atoms in total. The molecule has 0 unspecified atom stereocenters. The van der Waals surface area contributed by atoms with Crippen molar-refractivity contribution >= 4 is 5.91 Å². The van der Waals surface area contributed by atoms with Gasteiger partial charge in [-0.15, -0.1) is 0 Å². The van der Waals surface area contributed by atoms with Gasteiger partial charge in [-0.05, 0) is 44.4 Å². The predicted octanol–water partition coefficient (Wildman–Crippen LogP) is 4.95. The molecule has 1 fully saturated rings. The van der Waals surface area contributed by atoms with Crippen LogP contribution in [-0.2, 0) is 0 Å². The summed E-state index contributed by atoms with van der Waals surface area (Å²) in [5.74, 6) is 0.0460. The molecule has 4 heteroatoms. The maximum absolute atomic E-state index is 13.4. The van der Waals surface area contributed by atoms with Crippen molar-refractivity contribution in [2.24, 2.45) is 0 Å². The first-order valence-corrected chi connectivity index (χ1v) is 9.71. The Kier molecular flexibility index (Phi) is 4.86. The van der Waals surface area contributed by atoms with Crippen LogP contribution in [-0.4, -0.2) is 33.7 Å². The van der Waals surface area contributed by atoms with E-state index in [2.05, 4.69) is 38.6 Å². The van der Waals surface area contributed by atoms with Gasteiger partial charge in [0.25, 0.3) is 5.91 Å². The zero-order valence-electron chi connectivity index (χ0n) is 16.5. The van der Waals surface area contributed by atoms with Crippen LogP contribution in [0.5, 0.6) is 0 Å². The molecule has 1 saturated heterocycles. The maximum atomic E-state index is 13.4. The molecule has 3 aromatic rings. The summed E-state index contributed by atoms with van der Waals surface area (Å²) in [5, 5.41) is 4.82. The summed E-state index contributed by atoms with van der Waals surface area (Å²) in [6, 6.07) is 16.2. The number of para-hydroxylation sites is 1. The molecule has 28 heavy (non-hydrogen) atoms. The molecule has 0 saturated carbocycles. The number of aryl methyl sites for hydroxylation is 2. The number of piperidine rings is 1. The number of carbonyl (C=O) groups is 1. The highest BCUT2D eigenvalue weighted by molar-refractivity contribution is 6.00. The number of amides is 1. The summed E-state index contributed by atoms with van der Waals surface area (Å²) >= 11 is 0. The van der Waals surface area contributed by atoms with Gasteiger partial charge in [0.05, 0.1) is 11.3 Å². The van der Waals surface area contributed by atoms with Crippen LogP contribution in [0.25, 0.3) is 16.9 Å². The van der Waals surface area contributed by atoms with Crippen LogP contribution in [0, 0.1) is 13.8 Å². The minimum absolute atomic E-state index is 0.0460. The Morgan fingerprint density at radius 3 is 2.43 bits per heavy atom. The van der Waals surface area contributed by atoms with E-state index >= 15 is 0 Å². The summed E-state index contributed by atoms with van der Waals surface area (Å²) in [5.41, 5.74) is 6.90. The number of nitrogens with zero attached hydrogens (tertiary/aromatic N) is 3. The zero-order valence-corrected chi connectivity index (χ0v) is 16.5. The number of hydrogen-bond donors (Lipinski definition) is 0. The summed E-state index contributed by atoms with van der Waals surface area (Å²) in [6.45, 7) is 9.65. The van der Waals surface area contributed by atoms with E-state index in [-0.39, 0.29) is 5.91 Å². The van der Waals surface area contributed by atoms with Crippen LogP contribution >= 0.6 is 0 Å². The minimum atomic E-state index is 0.0460. The number of hydrogen-bond acceptors (Lipinski definition) is 2. The lowest BCUT2D eigenvalue weighted by Gasteiger charge is -2.28. The van der Waals surface area contributed by atoms with Gasteiger partial charge in [0, 0.05) is 24.8 Å². The van der Waals surface area contributed by atoms with E-state index in [4.69, 9.17) is 5.10 Å². The van der Waals surface area contributed by atoms with Crippen LogP contribution in [0.4, 0.5) is 0 Å². The molecule has 1 aliphatic rings. The normalized spacial score (nSPS) is 14.4. The van der Waals surface area contributed by atoms with Gasteiger partial charge in [-0.2, -0.15) is 5.10 Å². The number of rotatable bonds is 3. The first kappa shape index (κ1) is 18.2. The Bertz CT molecular complexity index is 1020. The smallest absolute Gasteiger partial charge is 0.257 e. The maximum Gasteiger partial charge on any atom is 0.257 e. The van der Waals surface area contributed by atoms with Gasteiger partial charge >= 0.3 is 0 Å². The Labute approximate surface area is 166 Å². The van der Waals surface area contributed by atoms with Crippen molar-refractivity contribution in [3.05, 3.63) is 83.6 Å². The monoisotopic (exact) mass is 371 g/mol. The SMILES string of the molecule is C=C1CCN(C(=O)c2cn(-c3ccccc3)nc2-c2ccc(C)cc2C)CC1. The molecule has 0 bridgehead atoms. The van der Waals surface area contributed by atoms with Gasteiger partial charge in [-0.25, -0.2) is 4.68 Å². The van der Waals surface area contributed by atoms with Crippen molar-refractivity contribution in [2.45, 2.75) is 26.7 Å². The van der Waals surface area contributed by atoms with Crippen LogP contribution in [0.1, 0.15) is 34.3 Å². The van der Waals surface area contributed by atoms with E-state index in [1.807, 2.05) is 46.1 Å². The summed E-state index contributed by atoms with van der Waals surface area (Å²) in [7, 11) is 0. The minimum Gasteiger partial charge on any atom is -0.338 e. The Morgan fingerprint density at radius 2 is 1.75 bits per heavy atom.